The highest BCUT2D eigenvalue weighted by Crippen LogP contribution is 2.34. The topological polar surface area (TPSA) is 117 Å². The van der Waals surface area contributed by atoms with Crippen LogP contribution >= 0.6 is 23.5 Å². The second-order valence-electron chi connectivity index (χ2n) is 14.1. The molecule has 2 saturated heterocycles. The monoisotopic (exact) mass is 684 g/mol. The maximum atomic E-state index is 10.9. The molecule has 0 amide bonds. The molecule has 4 rings (SSSR count). The van der Waals surface area contributed by atoms with Crippen molar-refractivity contribution in [3.8, 4) is 0 Å². The Morgan fingerprint density at radius 1 is 0.723 bits per heavy atom. The first-order valence-electron chi connectivity index (χ1n) is 16.5. The third kappa shape index (κ3) is 11.0. The van der Waals surface area contributed by atoms with Crippen molar-refractivity contribution in [2.24, 2.45) is 33.7 Å². The summed E-state index contributed by atoms with van der Waals surface area (Å²) in [6.45, 7) is 23.6. The molecule has 2 aromatic carbocycles. The minimum atomic E-state index is -0.367. The molecule has 0 N–H and O–H groups in total. The number of thioether (sulfide) groups is 2. The van der Waals surface area contributed by atoms with Gasteiger partial charge in [0.2, 0.25) is 0 Å². The first-order chi connectivity index (χ1) is 22.1. The molecular formula is C35H52N6O4S2. The van der Waals surface area contributed by atoms with Crippen LogP contribution in [0.5, 0.6) is 0 Å². The lowest BCUT2D eigenvalue weighted by Crippen LogP contribution is -2.39. The van der Waals surface area contributed by atoms with E-state index in [2.05, 4.69) is 65.2 Å². The van der Waals surface area contributed by atoms with Gasteiger partial charge in [-0.15, -0.1) is 0 Å². The van der Waals surface area contributed by atoms with Crippen LogP contribution in [0.25, 0.3) is 0 Å². The number of benzene rings is 2. The van der Waals surface area contributed by atoms with Crippen molar-refractivity contribution in [1.82, 2.24) is 9.80 Å². The predicted molar refractivity (Wildman–Crippen MR) is 200 cm³/mol. The Morgan fingerprint density at radius 3 is 1.57 bits per heavy atom. The lowest BCUT2D eigenvalue weighted by molar-refractivity contribution is -0.385. The summed E-state index contributed by atoms with van der Waals surface area (Å²) >= 11 is 3.58. The van der Waals surface area contributed by atoms with Crippen molar-refractivity contribution in [3.05, 3.63) is 67.8 Å². The van der Waals surface area contributed by atoms with E-state index in [-0.39, 0.29) is 21.2 Å². The Hall–Kier alpha value is -3.12. The maximum absolute atomic E-state index is 10.9. The minimum absolute atomic E-state index is 0.115. The first kappa shape index (κ1) is 38.3. The van der Waals surface area contributed by atoms with Gasteiger partial charge < -0.3 is 9.80 Å². The second-order valence-corrected chi connectivity index (χ2v) is 16.0. The van der Waals surface area contributed by atoms with Crippen LogP contribution in [-0.4, -0.2) is 66.7 Å². The quantitative estimate of drug-likeness (QED) is 0.170. The Kier molecular flexibility index (Phi) is 14.1. The Bertz CT molecular complexity index is 1460. The van der Waals surface area contributed by atoms with Crippen molar-refractivity contribution in [2.45, 2.75) is 87.7 Å². The molecule has 2 heterocycles. The van der Waals surface area contributed by atoms with Gasteiger partial charge in [-0.05, 0) is 67.2 Å². The van der Waals surface area contributed by atoms with Gasteiger partial charge in [0, 0.05) is 60.9 Å². The second kappa shape index (κ2) is 17.3. The fraction of sp³-hybridized carbons (Fsp3) is 0.600. The van der Waals surface area contributed by atoms with E-state index in [1.165, 1.54) is 12.1 Å². The number of aliphatic imine (C=N–C) groups is 2. The third-order valence-corrected chi connectivity index (χ3v) is 10.2. The minimum Gasteiger partial charge on any atom is -0.347 e. The molecule has 10 nitrogen and oxygen atoms in total. The fourth-order valence-electron chi connectivity index (χ4n) is 5.65. The van der Waals surface area contributed by atoms with Crippen LogP contribution in [0, 0.1) is 57.7 Å². The summed E-state index contributed by atoms with van der Waals surface area (Å²) in [5, 5.41) is 23.8. The number of non-ortho nitro benzene ring substituents is 2. The number of amidine groups is 2. The summed E-state index contributed by atoms with van der Waals surface area (Å²) in [4.78, 5) is 35.5. The zero-order chi connectivity index (χ0) is 35.0. The molecule has 0 radical (unpaired) electrons. The van der Waals surface area contributed by atoms with Gasteiger partial charge in [0.05, 0.1) is 21.2 Å². The average Bonchev–Trinajstić information content (AvgIpc) is 3.53. The highest BCUT2D eigenvalue weighted by atomic mass is 32.2. The van der Waals surface area contributed by atoms with E-state index >= 15 is 0 Å². The molecule has 0 saturated carbocycles. The lowest BCUT2D eigenvalue weighted by Gasteiger charge is -2.30. The van der Waals surface area contributed by atoms with Crippen LogP contribution in [-0.2, 0) is 0 Å². The molecule has 2 aromatic rings. The molecule has 0 aliphatic carbocycles. The average molecular weight is 685 g/mol. The van der Waals surface area contributed by atoms with Gasteiger partial charge in [-0.3, -0.25) is 20.2 Å². The molecule has 2 fully saturated rings. The van der Waals surface area contributed by atoms with Gasteiger partial charge in [0.1, 0.15) is 0 Å². The van der Waals surface area contributed by atoms with Crippen LogP contribution in [0.4, 0.5) is 22.7 Å². The molecule has 2 aliphatic heterocycles. The highest BCUT2D eigenvalue weighted by molar-refractivity contribution is 8.14. The Balaban J connectivity index is 0.000000256. The molecule has 258 valence electrons. The fourth-order valence-corrected chi connectivity index (χ4v) is 8.28. The number of hydrogen-bond acceptors (Lipinski definition) is 8. The summed E-state index contributed by atoms with van der Waals surface area (Å²) in [5.74, 6) is 4.49. The van der Waals surface area contributed by atoms with Crippen LogP contribution in [0.3, 0.4) is 0 Å². The van der Waals surface area contributed by atoms with Gasteiger partial charge in [0.15, 0.2) is 10.3 Å². The number of nitrogens with zero attached hydrogens (tertiary/aromatic N) is 6. The number of nitro groups is 2. The van der Waals surface area contributed by atoms with Crippen molar-refractivity contribution < 1.29 is 9.85 Å². The number of aryl methyl sites for hydroxylation is 2. The van der Waals surface area contributed by atoms with Gasteiger partial charge >= 0.3 is 0 Å². The van der Waals surface area contributed by atoms with E-state index in [1.54, 1.807) is 47.8 Å². The van der Waals surface area contributed by atoms with E-state index in [4.69, 9.17) is 9.98 Å². The van der Waals surface area contributed by atoms with Gasteiger partial charge in [-0.2, -0.15) is 0 Å². The highest BCUT2D eigenvalue weighted by Gasteiger charge is 2.33. The number of hydrogen-bond donors (Lipinski definition) is 0. The van der Waals surface area contributed by atoms with Crippen LogP contribution in [0.15, 0.2) is 46.4 Å². The van der Waals surface area contributed by atoms with Crippen molar-refractivity contribution in [3.63, 3.8) is 0 Å². The van der Waals surface area contributed by atoms with Gasteiger partial charge in [-0.1, -0.05) is 78.9 Å². The molecular weight excluding hydrogens is 633 g/mol. The molecule has 47 heavy (non-hydrogen) atoms. The SMILES string of the molecule is Cc1cc([N+](=O)[O-])ccc1N=C1SC[C@H](C(C)C)N1CC(C)C.Cc1cc([N+](=O)[O-])ccc1N=C1SC[C@H](CC(C)C)N1CC(C)C. The smallest absolute Gasteiger partial charge is 0.269 e. The van der Waals surface area contributed by atoms with E-state index < -0.39 is 0 Å². The van der Waals surface area contributed by atoms with E-state index in [9.17, 15) is 20.2 Å². The van der Waals surface area contributed by atoms with Crippen molar-refractivity contribution in [1.29, 1.82) is 0 Å². The molecule has 0 spiro atoms. The van der Waals surface area contributed by atoms with Crippen LogP contribution in [0.2, 0.25) is 0 Å². The number of nitro benzene ring substituents is 2. The van der Waals surface area contributed by atoms with Crippen molar-refractivity contribution >= 4 is 56.6 Å². The number of rotatable bonds is 11. The predicted octanol–water partition coefficient (Wildman–Crippen LogP) is 9.63. The molecule has 0 unspecified atom stereocenters. The van der Waals surface area contributed by atoms with Gasteiger partial charge in [-0.25, -0.2) is 9.98 Å². The molecule has 0 aromatic heterocycles. The molecule has 2 atom stereocenters. The lowest BCUT2D eigenvalue weighted by atomic mass is 10.0. The molecule has 0 bridgehead atoms. The Morgan fingerprint density at radius 2 is 1.17 bits per heavy atom. The molecule has 12 heteroatoms. The molecule has 2 aliphatic rings. The largest absolute Gasteiger partial charge is 0.347 e. The summed E-state index contributed by atoms with van der Waals surface area (Å²) in [5.41, 5.74) is 3.55. The Labute approximate surface area is 289 Å². The van der Waals surface area contributed by atoms with E-state index in [0.29, 0.717) is 35.8 Å². The normalized spacial score (nSPS) is 19.9. The zero-order valence-corrected chi connectivity index (χ0v) is 31.2. The standard InChI is InChI=1S/C18H27N3O2S.C17H25N3O2S/c1-12(2)8-16-11-24-18(20(16)10-13(3)4)19-17-7-6-15(21(22)23)9-14(17)5;1-11(2)9-19-16(12(3)4)10-23-17(19)18-15-7-6-14(20(21)22)8-13(15)5/h6-7,9,12-13,16H,8,10-11H2,1-5H3;6-8,11-12,16H,9-10H2,1-5H3/t2*16-/m01/s1. The zero-order valence-electron chi connectivity index (χ0n) is 29.6. The van der Waals surface area contributed by atoms with E-state index in [1.807, 2.05) is 13.8 Å². The summed E-state index contributed by atoms with van der Waals surface area (Å²) in [6, 6.07) is 10.8. The van der Waals surface area contributed by atoms with E-state index in [0.717, 1.165) is 63.9 Å². The summed E-state index contributed by atoms with van der Waals surface area (Å²) in [7, 11) is 0. The van der Waals surface area contributed by atoms with Crippen molar-refractivity contribution in [2.75, 3.05) is 24.6 Å². The van der Waals surface area contributed by atoms with Gasteiger partial charge in [0.25, 0.3) is 11.4 Å². The van der Waals surface area contributed by atoms with Crippen LogP contribution < -0.4 is 0 Å². The summed E-state index contributed by atoms with van der Waals surface area (Å²) in [6.07, 6.45) is 1.16. The maximum Gasteiger partial charge on any atom is 0.269 e. The third-order valence-electron chi connectivity index (χ3n) is 7.97. The van der Waals surface area contributed by atoms with Crippen LogP contribution in [0.1, 0.15) is 72.9 Å². The first-order valence-corrected chi connectivity index (χ1v) is 18.5. The summed E-state index contributed by atoms with van der Waals surface area (Å²) < 4.78 is 0.